The van der Waals surface area contributed by atoms with E-state index in [1.807, 2.05) is 0 Å². The zero-order chi connectivity index (χ0) is 22.3. The van der Waals surface area contributed by atoms with Crippen LogP contribution in [-0.4, -0.2) is 38.4 Å². The van der Waals surface area contributed by atoms with Crippen molar-refractivity contribution >= 4 is 33.4 Å². The lowest BCUT2D eigenvalue weighted by atomic mass is 10.2. The number of ether oxygens (including phenoxy) is 1. The first-order valence-corrected chi connectivity index (χ1v) is 10.3. The molecule has 160 valence electrons. The molecule has 1 aromatic heterocycles. The van der Waals surface area contributed by atoms with Crippen molar-refractivity contribution in [3.8, 4) is 5.75 Å². The largest absolute Gasteiger partial charge is 0.484 e. The highest BCUT2D eigenvalue weighted by Crippen LogP contribution is 2.20. The average Bonchev–Trinajstić information content (AvgIpc) is 2.68. The molecule has 4 N–H and O–H groups in total. The molecule has 0 atom stereocenters. The van der Waals surface area contributed by atoms with Crippen LogP contribution in [-0.2, 0) is 14.8 Å². The van der Waals surface area contributed by atoms with Crippen LogP contribution in [0.2, 0.25) is 5.02 Å². The first kappa shape index (κ1) is 23.3. The number of nitrogens with zero attached hydrogens (tertiary/aromatic N) is 1. The quantitative estimate of drug-likeness (QED) is 0.520. The second kappa shape index (κ2) is 10.1. The molecule has 0 spiro atoms. The summed E-state index contributed by atoms with van der Waals surface area (Å²) in [6, 6.07) is 6.19. The molecule has 0 aliphatic rings. The first-order chi connectivity index (χ1) is 14.1. The molecule has 0 fully saturated rings. The fourth-order valence-electron chi connectivity index (χ4n) is 2.12. The predicted octanol–water partition coefficient (Wildman–Crippen LogP) is 1.35. The van der Waals surface area contributed by atoms with E-state index in [1.54, 1.807) is 0 Å². The Hall–Kier alpha value is -3.02. The lowest BCUT2D eigenvalue weighted by Crippen LogP contribution is -2.31. The smallest absolute Gasteiger partial charge is 0.262 e. The van der Waals surface area contributed by atoms with E-state index in [2.05, 4.69) is 22.2 Å². The van der Waals surface area contributed by atoms with Crippen molar-refractivity contribution in [1.82, 2.24) is 15.6 Å². The Balaban J connectivity index is 1.72. The maximum atomic E-state index is 13.3. The Morgan fingerprint density at radius 1 is 1.27 bits per heavy atom. The molecule has 9 nitrogen and oxygen atoms in total. The molecule has 0 bridgehead atoms. The third kappa shape index (κ3) is 7.10. The lowest BCUT2D eigenvalue weighted by molar-refractivity contribution is -0.122. The summed E-state index contributed by atoms with van der Waals surface area (Å²) in [6.45, 7) is 3.46. The van der Waals surface area contributed by atoms with Crippen LogP contribution in [0.4, 0.5) is 4.39 Å². The summed E-state index contributed by atoms with van der Waals surface area (Å²) in [5, 5.41) is 9.60. The SMILES string of the molecule is C=C(CCNC(=O)c1ccc(S(N)(=O)=O)nc1)NC(=O)COc1ccc(Cl)c(F)c1. The number of primary sulfonamides is 1. The van der Waals surface area contributed by atoms with Gasteiger partial charge in [-0.15, -0.1) is 0 Å². The fraction of sp³-hybridized carbons (Fsp3) is 0.167. The summed E-state index contributed by atoms with van der Waals surface area (Å²) in [5.74, 6) is -1.52. The number of nitrogens with one attached hydrogen (secondary N) is 2. The normalized spacial score (nSPS) is 10.9. The number of amides is 2. The molecule has 2 aromatic rings. The Bertz CT molecular complexity index is 1060. The van der Waals surface area contributed by atoms with E-state index < -0.39 is 27.7 Å². The highest BCUT2D eigenvalue weighted by Gasteiger charge is 2.12. The molecular formula is C18H18ClFN4O5S. The molecule has 0 aliphatic heterocycles. The van der Waals surface area contributed by atoms with Gasteiger partial charge < -0.3 is 15.4 Å². The third-order valence-electron chi connectivity index (χ3n) is 3.58. The molecule has 2 amide bonds. The maximum absolute atomic E-state index is 13.3. The Kier molecular flexibility index (Phi) is 7.86. The van der Waals surface area contributed by atoms with Gasteiger partial charge in [0.15, 0.2) is 11.6 Å². The van der Waals surface area contributed by atoms with Crippen LogP contribution in [0.3, 0.4) is 0 Å². The highest BCUT2D eigenvalue weighted by molar-refractivity contribution is 7.89. The number of aromatic nitrogens is 1. The van der Waals surface area contributed by atoms with Gasteiger partial charge in [0.25, 0.3) is 21.8 Å². The van der Waals surface area contributed by atoms with E-state index in [9.17, 15) is 22.4 Å². The standard InChI is InChI=1S/C18H18ClFN4O5S/c1-11(24-16(25)10-29-13-3-4-14(19)15(20)8-13)6-7-22-18(26)12-2-5-17(23-9-12)30(21,27)28/h2-5,8-9H,1,6-7,10H2,(H,22,26)(H,24,25)(H2,21,27,28). The van der Waals surface area contributed by atoms with E-state index in [1.165, 1.54) is 18.2 Å². The number of nitrogens with two attached hydrogens (primary N) is 1. The van der Waals surface area contributed by atoms with Gasteiger partial charge in [-0.1, -0.05) is 18.2 Å². The molecule has 30 heavy (non-hydrogen) atoms. The number of benzene rings is 1. The van der Waals surface area contributed by atoms with Crippen LogP contribution < -0.4 is 20.5 Å². The molecule has 2 rings (SSSR count). The number of rotatable bonds is 9. The van der Waals surface area contributed by atoms with Crippen LogP contribution in [0.1, 0.15) is 16.8 Å². The number of hydrogen-bond acceptors (Lipinski definition) is 6. The van der Waals surface area contributed by atoms with Crippen molar-refractivity contribution in [2.75, 3.05) is 13.2 Å². The highest BCUT2D eigenvalue weighted by atomic mass is 35.5. The Morgan fingerprint density at radius 2 is 2.00 bits per heavy atom. The lowest BCUT2D eigenvalue weighted by Gasteiger charge is -2.11. The summed E-state index contributed by atoms with van der Waals surface area (Å²) < 4.78 is 40.8. The zero-order valence-electron chi connectivity index (χ0n) is 15.5. The minimum atomic E-state index is -3.94. The summed E-state index contributed by atoms with van der Waals surface area (Å²) >= 11 is 5.56. The molecular weight excluding hydrogens is 439 g/mol. The predicted molar refractivity (Wildman–Crippen MR) is 107 cm³/mol. The zero-order valence-corrected chi connectivity index (χ0v) is 17.1. The van der Waals surface area contributed by atoms with Crippen LogP contribution >= 0.6 is 11.6 Å². The summed E-state index contributed by atoms with van der Waals surface area (Å²) in [4.78, 5) is 27.5. The minimum absolute atomic E-state index is 0.0571. The van der Waals surface area contributed by atoms with Crippen LogP contribution in [0, 0.1) is 5.82 Å². The van der Waals surface area contributed by atoms with Crippen LogP contribution in [0.15, 0.2) is 53.8 Å². The summed E-state index contributed by atoms with van der Waals surface area (Å²) in [5.41, 5.74) is 0.467. The van der Waals surface area contributed by atoms with Gasteiger partial charge in [-0.05, 0) is 24.3 Å². The number of carbonyl (C=O) groups excluding carboxylic acids is 2. The number of sulfonamides is 1. The van der Waals surface area contributed by atoms with Crippen molar-refractivity contribution < 1.29 is 27.1 Å². The number of carbonyl (C=O) groups is 2. The number of hydrogen-bond donors (Lipinski definition) is 3. The van der Waals surface area contributed by atoms with Gasteiger partial charge in [-0.3, -0.25) is 9.59 Å². The van der Waals surface area contributed by atoms with Crippen molar-refractivity contribution in [1.29, 1.82) is 0 Å². The second-order valence-electron chi connectivity index (χ2n) is 5.95. The van der Waals surface area contributed by atoms with E-state index >= 15 is 0 Å². The van der Waals surface area contributed by atoms with Gasteiger partial charge in [0.2, 0.25) is 0 Å². The van der Waals surface area contributed by atoms with Crippen molar-refractivity contribution in [3.63, 3.8) is 0 Å². The van der Waals surface area contributed by atoms with E-state index in [0.29, 0.717) is 5.70 Å². The Labute approximate surface area is 177 Å². The number of pyridine rings is 1. The van der Waals surface area contributed by atoms with Crippen LogP contribution in [0.25, 0.3) is 0 Å². The average molecular weight is 457 g/mol. The molecule has 0 saturated heterocycles. The van der Waals surface area contributed by atoms with Gasteiger partial charge in [-0.2, -0.15) is 0 Å². The van der Waals surface area contributed by atoms with Gasteiger partial charge in [0.1, 0.15) is 11.6 Å². The summed E-state index contributed by atoms with van der Waals surface area (Å²) in [7, 11) is -3.94. The monoisotopic (exact) mass is 456 g/mol. The molecule has 0 radical (unpaired) electrons. The van der Waals surface area contributed by atoms with Crippen molar-refractivity contribution in [3.05, 3.63) is 65.2 Å². The van der Waals surface area contributed by atoms with E-state index in [4.69, 9.17) is 21.5 Å². The maximum Gasteiger partial charge on any atom is 0.262 e. The fourth-order valence-corrected chi connectivity index (χ4v) is 2.70. The first-order valence-electron chi connectivity index (χ1n) is 8.39. The summed E-state index contributed by atoms with van der Waals surface area (Å²) in [6.07, 6.45) is 1.32. The van der Waals surface area contributed by atoms with Gasteiger partial charge in [0, 0.05) is 30.9 Å². The van der Waals surface area contributed by atoms with Crippen molar-refractivity contribution in [2.24, 2.45) is 5.14 Å². The van der Waals surface area contributed by atoms with Gasteiger partial charge in [-0.25, -0.2) is 22.9 Å². The van der Waals surface area contributed by atoms with Crippen LogP contribution in [0.5, 0.6) is 5.75 Å². The van der Waals surface area contributed by atoms with Crippen molar-refractivity contribution in [2.45, 2.75) is 11.4 Å². The molecule has 1 aromatic carbocycles. The third-order valence-corrected chi connectivity index (χ3v) is 4.71. The molecule has 12 heteroatoms. The molecule has 0 unspecified atom stereocenters. The minimum Gasteiger partial charge on any atom is -0.484 e. The number of halogens is 2. The molecule has 1 heterocycles. The van der Waals surface area contributed by atoms with E-state index in [0.717, 1.165) is 18.3 Å². The van der Waals surface area contributed by atoms with Gasteiger partial charge in [0.05, 0.1) is 10.6 Å². The molecule has 0 saturated carbocycles. The molecule has 0 aliphatic carbocycles. The Morgan fingerprint density at radius 3 is 2.60 bits per heavy atom. The topological polar surface area (TPSA) is 140 Å². The van der Waals surface area contributed by atoms with Gasteiger partial charge >= 0.3 is 0 Å². The van der Waals surface area contributed by atoms with E-state index in [-0.39, 0.29) is 40.9 Å². The second-order valence-corrected chi connectivity index (χ2v) is 7.87.